The molecule has 0 atom stereocenters. The van der Waals surface area contributed by atoms with Crippen molar-refractivity contribution in [1.29, 1.82) is 0 Å². The zero-order valence-electron chi connectivity index (χ0n) is 9.17. The summed E-state index contributed by atoms with van der Waals surface area (Å²) in [7, 11) is 0. The van der Waals surface area contributed by atoms with E-state index >= 15 is 0 Å². The molecule has 0 saturated carbocycles. The fourth-order valence-electron chi connectivity index (χ4n) is 1.34. The van der Waals surface area contributed by atoms with Crippen LogP contribution < -0.4 is 0 Å². The average molecular weight is 198 g/mol. The maximum Gasteiger partial charge on any atom is 0.307 e. The lowest BCUT2D eigenvalue weighted by Crippen LogP contribution is -1.89. The fourth-order valence-corrected chi connectivity index (χ4v) is 1.34. The molecule has 82 valence electrons. The first-order chi connectivity index (χ1) is 6.77. The number of carboxylic acid groups (broad SMARTS) is 1. The molecule has 0 aliphatic heterocycles. The Morgan fingerprint density at radius 2 is 1.71 bits per heavy atom. The summed E-state index contributed by atoms with van der Waals surface area (Å²) in [4.78, 5) is 10.2. The van der Waals surface area contributed by atoms with E-state index in [-0.39, 0.29) is 6.42 Å². The SMILES string of the molecule is CCCCCCCC/C=C/CC(=O)O. The Labute approximate surface area is 87.0 Å². The summed E-state index contributed by atoms with van der Waals surface area (Å²) in [6.07, 6.45) is 12.7. The minimum atomic E-state index is -0.746. The zero-order valence-corrected chi connectivity index (χ0v) is 9.17. The number of aliphatic carboxylic acids is 1. The van der Waals surface area contributed by atoms with E-state index in [1.54, 1.807) is 6.08 Å². The van der Waals surface area contributed by atoms with Crippen molar-refractivity contribution >= 4 is 5.97 Å². The number of hydrogen-bond acceptors (Lipinski definition) is 1. The van der Waals surface area contributed by atoms with Crippen LogP contribution in [0.25, 0.3) is 0 Å². The van der Waals surface area contributed by atoms with Crippen molar-refractivity contribution in [3.63, 3.8) is 0 Å². The first-order valence-electron chi connectivity index (χ1n) is 5.64. The number of allylic oxidation sites excluding steroid dienone is 1. The van der Waals surface area contributed by atoms with Gasteiger partial charge in [0, 0.05) is 0 Å². The summed E-state index contributed by atoms with van der Waals surface area (Å²) >= 11 is 0. The molecule has 0 aromatic heterocycles. The second-order valence-electron chi connectivity index (χ2n) is 3.63. The van der Waals surface area contributed by atoms with Crippen LogP contribution in [0.2, 0.25) is 0 Å². The Morgan fingerprint density at radius 1 is 1.07 bits per heavy atom. The molecule has 2 nitrogen and oxygen atoms in total. The average Bonchev–Trinajstić information content (AvgIpc) is 2.15. The van der Waals surface area contributed by atoms with Gasteiger partial charge in [-0.1, -0.05) is 51.2 Å². The number of rotatable bonds is 9. The minimum Gasteiger partial charge on any atom is -0.481 e. The first-order valence-corrected chi connectivity index (χ1v) is 5.64. The van der Waals surface area contributed by atoms with Gasteiger partial charge in [-0.3, -0.25) is 4.79 Å². The molecule has 0 spiro atoms. The Kier molecular flexibility index (Phi) is 9.71. The molecule has 0 radical (unpaired) electrons. The van der Waals surface area contributed by atoms with Crippen molar-refractivity contribution in [2.75, 3.05) is 0 Å². The van der Waals surface area contributed by atoms with Crippen LogP contribution >= 0.6 is 0 Å². The third kappa shape index (κ3) is 11.2. The molecule has 0 bridgehead atoms. The molecule has 0 unspecified atom stereocenters. The highest BCUT2D eigenvalue weighted by atomic mass is 16.4. The van der Waals surface area contributed by atoms with Gasteiger partial charge in [-0.2, -0.15) is 0 Å². The standard InChI is InChI=1S/C12H22O2/c1-2-3-4-5-6-7-8-9-10-11-12(13)14/h9-10H,2-8,11H2,1H3,(H,13,14)/b10-9+. The summed E-state index contributed by atoms with van der Waals surface area (Å²) in [6.45, 7) is 2.22. The molecule has 0 aliphatic rings. The third-order valence-electron chi connectivity index (χ3n) is 2.18. The second kappa shape index (κ2) is 10.3. The van der Waals surface area contributed by atoms with Crippen LogP contribution in [-0.4, -0.2) is 11.1 Å². The van der Waals surface area contributed by atoms with Gasteiger partial charge in [-0.15, -0.1) is 0 Å². The van der Waals surface area contributed by atoms with Crippen molar-refractivity contribution in [3.05, 3.63) is 12.2 Å². The van der Waals surface area contributed by atoms with Crippen LogP contribution in [-0.2, 0) is 4.79 Å². The van der Waals surface area contributed by atoms with Gasteiger partial charge in [-0.05, 0) is 12.8 Å². The largest absolute Gasteiger partial charge is 0.481 e. The van der Waals surface area contributed by atoms with Gasteiger partial charge in [0.2, 0.25) is 0 Å². The van der Waals surface area contributed by atoms with E-state index in [2.05, 4.69) is 6.92 Å². The molecule has 0 aromatic carbocycles. The topological polar surface area (TPSA) is 37.3 Å². The predicted octanol–water partition coefficient (Wildman–Crippen LogP) is 3.77. The summed E-state index contributed by atoms with van der Waals surface area (Å²) in [5, 5.41) is 8.36. The van der Waals surface area contributed by atoms with Gasteiger partial charge in [0.05, 0.1) is 6.42 Å². The highest BCUT2D eigenvalue weighted by Gasteiger charge is 1.90. The van der Waals surface area contributed by atoms with Gasteiger partial charge in [-0.25, -0.2) is 0 Å². The molecule has 14 heavy (non-hydrogen) atoms. The smallest absolute Gasteiger partial charge is 0.307 e. The molecule has 0 fully saturated rings. The molecule has 0 aliphatic carbocycles. The summed E-state index contributed by atoms with van der Waals surface area (Å²) < 4.78 is 0. The summed E-state index contributed by atoms with van der Waals surface area (Å²) in [5.41, 5.74) is 0. The maximum atomic E-state index is 10.2. The van der Waals surface area contributed by atoms with Crippen molar-refractivity contribution in [1.82, 2.24) is 0 Å². The molecule has 0 amide bonds. The Hall–Kier alpha value is -0.790. The predicted molar refractivity (Wildman–Crippen MR) is 59.4 cm³/mol. The van der Waals surface area contributed by atoms with Crippen molar-refractivity contribution in [3.8, 4) is 0 Å². The zero-order chi connectivity index (χ0) is 10.6. The number of carboxylic acids is 1. The van der Waals surface area contributed by atoms with Crippen molar-refractivity contribution < 1.29 is 9.90 Å². The highest BCUT2D eigenvalue weighted by Crippen LogP contribution is 2.07. The lowest BCUT2D eigenvalue weighted by molar-refractivity contribution is -0.136. The molecule has 0 heterocycles. The molecule has 0 saturated heterocycles. The number of hydrogen-bond donors (Lipinski definition) is 1. The van der Waals surface area contributed by atoms with E-state index in [1.807, 2.05) is 6.08 Å². The van der Waals surface area contributed by atoms with Gasteiger partial charge < -0.3 is 5.11 Å². The Bertz CT molecular complexity index is 162. The monoisotopic (exact) mass is 198 g/mol. The van der Waals surface area contributed by atoms with Crippen molar-refractivity contribution in [2.24, 2.45) is 0 Å². The Morgan fingerprint density at radius 3 is 2.36 bits per heavy atom. The molecule has 0 rings (SSSR count). The van der Waals surface area contributed by atoms with Crippen molar-refractivity contribution in [2.45, 2.75) is 58.3 Å². The summed E-state index contributed by atoms with van der Waals surface area (Å²) in [5.74, 6) is -0.746. The normalized spacial score (nSPS) is 10.9. The van der Waals surface area contributed by atoms with Gasteiger partial charge >= 0.3 is 5.97 Å². The maximum absolute atomic E-state index is 10.2. The molecule has 0 aromatic rings. The third-order valence-corrected chi connectivity index (χ3v) is 2.18. The molecular formula is C12H22O2. The Balaban J connectivity index is 3.05. The van der Waals surface area contributed by atoms with E-state index in [1.165, 1.54) is 38.5 Å². The first kappa shape index (κ1) is 13.2. The lowest BCUT2D eigenvalue weighted by atomic mass is 10.1. The van der Waals surface area contributed by atoms with E-state index in [9.17, 15) is 4.79 Å². The van der Waals surface area contributed by atoms with Crippen LogP contribution in [0.15, 0.2) is 12.2 Å². The number of unbranched alkanes of at least 4 members (excludes halogenated alkanes) is 6. The van der Waals surface area contributed by atoms with Gasteiger partial charge in [0.1, 0.15) is 0 Å². The lowest BCUT2D eigenvalue weighted by Gasteiger charge is -1.97. The summed E-state index contributed by atoms with van der Waals surface area (Å²) in [6, 6.07) is 0. The van der Waals surface area contributed by atoms with E-state index < -0.39 is 5.97 Å². The fraction of sp³-hybridized carbons (Fsp3) is 0.750. The highest BCUT2D eigenvalue weighted by molar-refractivity contribution is 5.68. The van der Waals surface area contributed by atoms with Crippen LogP contribution in [0.3, 0.4) is 0 Å². The van der Waals surface area contributed by atoms with E-state index in [0.29, 0.717) is 0 Å². The quantitative estimate of drug-likeness (QED) is 0.452. The van der Waals surface area contributed by atoms with Gasteiger partial charge in [0.25, 0.3) is 0 Å². The second-order valence-corrected chi connectivity index (χ2v) is 3.63. The molecule has 1 N–H and O–H groups in total. The van der Waals surface area contributed by atoms with Crippen LogP contribution in [0.5, 0.6) is 0 Å². The molecular weight excluding hydrogens is 176 g/mol. The van der Waals surface area contributed by atoms with Crippen LogP contribution in [0, 0.1) is 0 Å². The van der Waals surface area contributed by atoms with Crippen LogP contribution in [0.4, 0.5) is 0 Å². The van der Waals surface area contributed by atoms with Crippen LogP contribution in [0.1, 0.15) is 58.3 Å². The van der Waals surface area contributed by atoms with E-state index in [4.69, 9.17) is 5.11 Å². The van der Waals surface area contributed by atoms with E-state index in [0.717, 1.165) is 6.42 Å². The number of carbonyl (C=O) groups is 1. The molecule has 2 heteroatoms. The van der Waals surface area contributed by atoms with Gasteiger partial charge in [0.15, 0.2) is 0 Å². The minimum absolute atomic E-state index is 0.163.